The summed E-state index contributed by atoms with van der Waals surface area (Å²) >= 11 is 12.3. The van der Waals surface area contributed by atoms with Crippen LogP contribution in [-0.2, 0) is 4.74 Å². The highest BCUT2D eigenvalue weighted by molar-refractivity contribution is 6.38. The number of carbonyl (C=O) groups excluding carboxylic acids is 1. The Morgan fingerprint density at radius 2 is 1.84 bits per heavy atom. The Balaban J connectivity index is 2.44. The smallest absolute Gasteiger partial charge is 0.345 e. The normalized spacial score (nSPS) is 10.9. The Hall–Kier alpha value is -2.37. The van der Waals surface area contributed by atoms with Crippen molar-refractivity contribution in [2.75, 3.05) is 6.61 Å². The third-order valence-electron chi connectivity index (χ3n) is 3.66. The van der Waals surface area contributed by atoms with Gasteiger partial charge in [-0.3, -0.25) is 9.36 Å². The summed E-state index contributed by atoms with van der Waals surface area (Å²) in [7, 11) is 0. The summed E-state index contributed by atoms with van der Waals surface area (Å²) in [6.45, 7) is 3.61. The standard InChI is InChI=1S/C18H14Cl2N2O3/c1-3-25-18(24)14-15(20)13-9-4-10(2)21-16(13)22(17(14)23)12-7-5-11(19)6-8-12/h4-9H,3H2,1-2H3. The van der Waals surface area contributed by atoms with Crippen molar-refractivity contribution in [2.45, 2.75) is 13.8 Å². The van der Waals surface area contributed by atoms with Crippen molar-refractivity contribution >= 4 is 40.2 Å². The van der Waals surface area contributed by atoms with Crippen LogP contribution in [0.3, 0.4) is 0 Å². The van der Waals surface area contributed by atoms with Gasteiger partial charge in [0.25, 0.3) is 5.56 Å². The van der Waals surface area contributed by atoms with Crippen LogP contribution >= 0.6 is 23.2 Å². The SMILES string of the molecule is CCOC(=O)c1c(Cl)c2ccc(C)nc2n(-c2ccc(Cl)cc2)c1=O. The van der Waals surface area contributed by atoms with Gasteiger partial charge in [-0.2, -0.15) is 0 Å². The van der Waals surface area contributed by atoms with E-state index in [1.165, 1.54) is 4.57 Å². The number of fused-ring (bicyclic) bond motifs is 1. The Morgan fingerprint density at radius 3 is 2.48 bits per heavy atom. The Kier molecular flexibility index (Phi) is 4.79. The van der Waals surface area contributed by atoms with E-state index in [0.29, 0.717) is 21.7 Å². The zero-order valence-corrected chi connectivity index (χ0v) is 15.1. The van der Waals surface area contributed by atoms with Crippen molar-refractivity contribution in [1.29, 1.82) is 0 Å². The molecule has 3 aromatic rings. The molecule has 5 nitrogen and oxygen atoms in total. The molecule has 25 heavy (non-hydrogen) atoms. The summed E-state index contributed by atoms with van der Waals surface area (Å²) in [4.78, 5) is 29.7. The van der Waals surface area contributed by atoms with Gasteiger partial charge in [0.15, 0.2) is 0 Å². The molecule has 0 bridgehead atoms. The predicted molar refractivity (Wildman–Crippen MR) is 98.1 cm³/mol. The fraction of sp³-hybridized carbons (Fsp3) is 0.167. The maximum atomic E-state index is 13.0. The molecule has 1 aromatic carbocycles. The van der Waals surface area contributed by atoms with Crippen LogP contribution in [0, 0.1) is 6.92 Å². The molecule has 2 aromatic heterocycles. The van der Waals surface area contributed by atoms with Crippen LogP contribution in [0.25, 0.3) is 16.7 Å². The number of nitrogens with zero attached hydrogens (tertiary/aromatic N) is 2. The first kappa shape index (κ1) is 17.5. The second-order valence-corrected chi connectivity index (χ2v) is 6.16. The van der Waals surface area contributed by atoms with E-state index in [2.05, 4.69) is 4.98 Å². The molecule has 0 saturated carbocycles. The van der Waals surface area contributed by atoms with Crippen LogP contribution in [-0.4, -0.2) is 22.1 Å². The minimum absolute atomic E-state index is 0.0381. The lowest BCUT2D eigenvalue weighted by Crippen LogP contribution is -2.28. The first-order valence-corrected chi connectivity index (χ1v) is 8.34. The average molecular weight is 377 g/mol. The molecule has 0 fully saturated rings. The van der Waals surface area contributed by atoms with Crippen LogP contribution in [0.1, 0.15) is 23.0 Å². The molecule has 0 N–H and O–H groups in total. The number of esters is 1. The summed E-state index contributed by atoms with van der Waals surface area (Å²) < 4.78 is 6.34. The molecule has 0 aliphatic rings. The van der Waals surface area contributed by atoms with Crippen molar-refractivity contribution in [3.8, 4) is 5.69 Å². The van der Waals surface area contributed by atoms with Crippen LogP contribution in [0.4, 0.5) is 0 Å². The van der Waals surface area contributed by atoms with Gasteiger partial charge in [0.1, 0.15) is 11.2 Å². The third kappa shape index (κ3) is 3.13. The fourth-order valence-corrected chi connectivity index (χ4v) is 2.96. The Labute approximate surface area is 153 Å². The van der Waals surface area contributed by atoms with E-state index in [4.69, 9.17) is 27.9 Å². The number of benzene rings is 1. The van der Waals surface area contributed by atoms with Crippen LogP contribution < -0.4 is 5.56 Å². The van der Waals surface area contributed by atoms with Gasteiger partial charge in [0.2, 0.25) is 0 Å². The molecule has 2 heterocycles. The third-order valence-corrected chi connectivity index (χ3v) is 4.31. The van der Waals surface area contributed by atoms with Crippen LogP contribution in [0.5, 0.6) is 0 Å². The lowest BCUT2D eigenvalue weighted by molar-refractivity contribution is 0.0524. The first-order chi connectivity index (χ1) is 11.9. The van der Waals surface area contributed by atoms with Crippen LogP contribution in [0.2, 0.25) is 10.0 Å². The molecule has 0 unspecified atom stereocenters. The second-order valence-electron chi connectivity index (χ2n) is 5.35. The molecular weight excluding hydrogens is 363 g/mol. The van der Waals surface area contributed by atoms with Crippen molar-refractivity contribution in [3.63, 3.8) is 0 Å². The van der Waals surface area contributed by atoms with Crippen molar-refractivity contribution in [3.05, 3.63) is 68.1 Å². The van der Waals surface area contributed by atoms with E-state index >= 15 is 0 Å². The molecule has 3 rings (SSSR count). The van der Waals surface area contributed by atoms with Crippen molar-refractivity contribution < 1.29 is 9.53 Å². The first-order valence-electron chi connectivity index (χ1n) is 7.59. The topological polar surface area (TPSA) is 61.2 Å². The van der Waals surface area contributed by atoms with E-state index in [0.717, 1.165) is 5.69 Å². The van der Waals surface area contributed by atoms with Gasteiger partial charge >= 0.3 is 5.97 Å². The fourth-order valence-electron chi connectivity index (χ4n) is 2.53. The number of carbonyl (C=O) groups is 1. The van der Waals surface area contributed by atoms with E-state index in [9.17, 15) is 9.59 Å². The second kappa shape index (κ2) is 6.86. The molecule has 0 amide bonds. The van der Waals surface area contributed by atoms with Gasteiger partial charge in [-0.05, 0) is 50.2 Å². The molecule has 0 radical (unpaired) electrons. The molecule has 0 aliphatic heterocycles. The summed E-state index contributed by atoms with van der Waals surface area (Å²) in [5, 5.41) is 1.06. The quantitative estimate of drug-likeness (QED) is 0.643. The molecule has 0 spiro atoms. The van der Waals surface area contributed by atoms with E-state index in [1.807, 2.05) is 6.92 Å². The maximum Gasteiger partial charge on any atom is 0.345 e. The lowest BCUT2D eigenvalue weighted by Gasteiger charge is -2.14. The number of aromatic nitrogens is 2. The van der Waals surface area contributed by atoms with Gasteiger partial charge in [-0.1, -0.05) is 23.2 Å². The molecule has 7 heteroatoms. The zero-order chi connectivity index (χ0) is 18.1. The number of hydrogen-bond donors (Lipinski definition) is 0. The number of rotatable bonds is 3. The highest BCUT2D eigenvalue weighted by Crippen LogP contribution is 2.27. The molecule has 128 valence electrons. The van der Waals surface area contributed by atoms with E-state index in [1.54, 1.807) is 43.3 Å². The molecule has 0 atom stereocenters. The minimum Gasteiger partial charge on any atom is -0.462 e. The number of hydrogen-bond acceptors (Lipinski definition) is 4. The minimum atomic E-state index is -0.761. The summed E-state index contributed by atoms with van der Waals surface area (Å²) in [5.41, 5.74) is 0.813. The Morgan fingerprint density at radius 1 is 1.16 bits per heavy atom. The van der Waals surface area contributed by atoms with Crippen molar-refractivity contribution in [1.82, 2.24) is 9.55 Å². The number of ether oxygens (including phenoxy) is 1. The predicted octanol–water partition coefficient (Wildman–Crippen LogP) is 4.18. The molecule has 0 aliphatic carbocycles. The number of pyridine rings is 2. The summed E-state index contributed by atoms with van der Waals surface area (Å²) in [5.74, 6) is -0.761. The molecule has 0 saturated heterocycles. The van der Waals surface area contributed by atoms with Crippen molar-refractivity contribution in [2.24, 2.45) is 0 Å². The maximum absolute atomic E-state index is 13.0. The largest absolute Gasteiger partial charge is 0.462 e. The summed E-state index contributed by atoms with van der Waals surface area (Å²) in [6.07, 6.45) is 0. The lowest BCUT2D eigenvalue weighted by atomic mass is 10.1. The highest BCUT2D eigenvalue weighted by atomic mass is 35.5. The van der Waals surface area contributed by atoms with Crippen LogP contribution in [0.15, 0.2) is 41.2 Å². The number of halogens is 2. The monoisotopic (exact) mass is 376 g/mol. The van der Waals surface area contributed by atoms with Gasteiger partial charge < -0.3 is 4.74 Å². The average Bonchev–Trinajstić information content (AvgIpc) is 2.56. The summed E-state index contributed by atoms with van der Waals surface area (Å²) in [6, 6.07) is 10.2. The van der Waals surface area contributed by atoms with Gasteiger partial charge in [-0.15, -0.1) is 0 Å². The van der Waals surface area contributed by atoms with Gasteiger partial charge in [0.05, 0.1) is 17.3 Å². The number of aryl methyl sites for hydroxylation is 1. The van der Waals surface area contributed by atoms with E-state index in [-0.39, 0.29) is 17.2 Å². The zero-order valence-electron chi connectivity index (χ0n) is 13.5. The molecular formula is C18H14Cl2N2O3. The highest BCUT2D eigenvalue weighted by Gasteiger charge is 2.23. The Bertz CT molecular complexity index is 1030. The van der Waals surface area contributed by atoms with E-state index < -0.39 is 11.5 Å². The van der Waals surface area contributed by atoms with Gasteiger partial charge in [-0.25, -0.2) is 9.78 Å². The van der Waals surface area contributed by atoms with Gasteiger partial charge in [0, 0.05) is 16.1 Å².